The van der Waals surface area contributed by atoms with Gasteiger partial charge >= 0.3 is 6.18 Å². The Kier molecular flexibility index (Phi) is 4.77. The smallest absolute Gasteiger partial charge is 0.365 e. The van der Waals surface area contributed by atoms with Crippen molar-refractivity contribution in [1.82, 2.24) is 15.5 Å². The van der Waals surface area contributed by atoms with Crippen LogP contribution in [0.15, 0.2) is 42.6 Å². The number of rotatable bonds is 4. The van der Waals surface area contributed by atoms with Crippen LogP contribution >= 0.6 is 0 Å². The van der Waals surface area contributed by atoms with Crippen molar-refractivity contribution in [3.63, 3.8) is 0 Å². The van der Waals surface area contributed by atoms with Crippen molar-refractivity contribution < 1.29 is 13.2 Å². The molecule has 2 aliphatic heterocycles. The minimum Gasteiger partial charge on any atom is -0.365 e. The second-order valence-electron chi connectivity index (χ2n) is 8.42. The minimum atomic E-state index is -4.38. The van der Waals surface area contributed by atoms with E-state index in [0.29, 0.717) is 23.5 Å². The molecule has 0 aliphatic carbocycles. The Hall–Kier alpha value is -2.87. The lowest BCUT2D eigenvalue weighted by atomic mass is 9.96. The van der Waals surface area contributed by atoms with E-state index in [9.17, 15) is 13.2 Å². The molecule has 0 amide bonds. The van der Waals surface area contributed by atoms with Crippen molar-refractivity contribution in [1.29, 1.82) is 0 Å². The number of benzene rings is 2. The molecule has 31 heavy (non-hydrogen) atoms. The van der Waals surface area contributed by atoms with Gasteiger partial charge in [-0.1, -0.05) is 18.2 Å². The molecule has 2 aromatic carbocycles. The van der Waals surface area contributed by atoms with E-state index in [4.69, 9.17) is 0 Å². The normalized spacial score (nSPS) is 21.6. The quantitative estimate of drug-likeness (QED) is 0.633. The topological polar surface area (TPSA) is 53.1 Å². The summed E-state index contributed by atoms with van der Waals surface area (Å²) in [5, 5.41) is 17.0. The van der Waals surface area contributed by atoms with Gasteiger partial charge in [-0.25, -0.2) is 0 Å². The van der Waals surface area contributed by atoms with Crippen LogP contribution in [-0.4, -0.2) is 35.4 Å². The van der Waals surface area contributed by atoms with Crippen molar-refractivity contribution >= 4 is 22.3 Å². The number of fused-ring (bicyclic) bond motifs is 2. The zero-order chi connectivity index (χ0) is 21.8. The predicted molar refractivity (Wildman–Crippen MR) is 115 cm³/mol. The molecule has 2 fully saturated rings. The zero-order valence-corrected chi connectivity index (χ0v) is 17.4. The first-order chi connectivity index (χ1) is 14.8. The highest BCUT2D eigenvalue weighted by Gasteiger charge is 2.42. The molecule has 0 bridgehead atoms. The van der Waals surface area contributed by atoms with E-state index in [1.54, 1.807) is 12.3 Å². The first-order valence-electron chi connectivity index (χ1n) is 10.5. The third-order valence-corrected chi connectivity index (χ3v) is 6.58. The fourth-order valence-corrected chi connectivity index (χ4v) is 4.88. The Bertz CT molecular complexity index is 1130. The predicted octanol–water partition coefficient (Wildman–Crippen LogP) is 4.68. The lowest BCUT2D eigenvalue weighted by Crippen LogP contribution is -2.61. The number of aromatic nitrogens is 2. The van der Waals surface area contributed by atoms with E-state index in [0.717, 1.165) is 42.0 Å². The van der Waals surface area contributed by atoms with Crippen LogP contribution in [0, 0.1) is 6.92 Å². The number of alkyl halides is 3. The van der Waals surface area contributed by atoms with Crippen LogP contribution in [0.25, 0.3) is 10.8 Å². The molecule has 2 N–H and O–H groups in total. The Balaban J connectivity index is 1.46. The summed E-state index contributed by atoms with van der Waals surface area (Å²) in [6, 6.07) is 11.2. The highest BCUT2D eigenvalue weighted by Crippen LogP contribution is 2.37. The van der Waals surface area contributed by atoms with Crippen LogP contribution < -0.4 is 15.5 Å². The molecule has 0 saturated carbocycles. The molecular weight excluding hydrogens is 403 g/mol. The summed E-state index contributed by atoms with van der Waals surface area (Å²) in [6.45, 7) is 5.39. The molecular formula is C23H24F3N5. The summed E-state index contributed by atoms with van der Waals surface area (Å²) in [5.74, 6) is 0.574. The van der Waals surface area contributed by atoms with Gasteiger partial charge in [0.2, 0.25) is 0 Å². The van der Waals surface area contributed by atoms with Crippen LogP contribution in [-0.2, 0) is 6.18 Å². The van der Waals surface area contributed by atoms with E-state index < -0.39 is 11.7 Å². The molecule has 0 unspecified atom stereocenters. The van der Waals surface area contributed by atoms with Crippen molar-refractivity contribution in [3.05, 3.63) is 59.3 Å². The van der Waals surface area contributed by atoms with Gasteiger partial charge in [0, 0.05) is 35.1 Å². The van der Waals surface area contributed by atoms with Crippen LogP contribution in [0.2, 0.25) is 0 Å². The fourth-order valence-electron chi connectivity index (χ4n) is 4.88. The number of hydrogen-bond acceptors (Lipinski definition) is 5. The maximum absolute atomic E-state index is 13.3. The maximum atomic E-state index is 13.3. The summed E-state index contributed by atoms with van der Waals surface area (Å²) in [6.07, 6.45) is -1.53. The van der Waals surface area contributed by atoms with Gasteiger partial charge in [0.05, 0.1) is 17.8 Å². The molecule has 0 radical (unpaired) electrons. The van der Waals surface area contributed by atoms with Crippen molar-refractivity contribution in [2.45, 2.75) is 44.6 Å². The fraction of sp³-hybridized carbons (Fsp3) is 0.391. The van der Waals surface area contributed by atoms with E-state index in [2.05, 4.69) is 37.9 Å². The average molecular weight is 427 g/mol. The number of nitrogens with one attached hydrogen (secondary N) is 2. The van der Waals surface area contributed by atoms with Gasteiger partial charge in [0.15, 0.2) is 5.82 Å². The molecule has 3 aromatic rings. The van der Waals surface area contributed by atoms with Gasteiger partial charge in [-0.15, -0.1) is 5.10 Å². The molecule has 2 aliphatic rings. The van der Waals surface area contributed by atoms with Crippen LogP contribution in [0.5, 0.6) is 0 Å². The van der Waals surface area contributed by atoms with Crippen LogP contribution in [0.4, 0.5) is 24.7 Å². The van der Waals surface area contributed by atoms with Gasteiger partial charge < -0.3 is 15.5 Å². The molecule has 8 heteroatoms. The first kappa shape index (κ1) is 20.1. The summed E-state index contributed by atoms with van der Waals surface area (Å²) >= 11 is 0. The highest BCUT2D eigenvalue weighted by atomic mass is 19.4. The van der Waals surface area contributed by atoms with Gasteiger partial charge in [0.1, 0.15) is 0 Å². The molecule has 5 nitrogen and oxygen atoms in total. The maximum Gasteiger partial charge on any atom is 0.416 e. The van der Waals surface area contributed by atoms with E-state index >= 15 is 0 Å². The van der Waals surface area contributed by atoms with Crippen molar-refractivity contribution in [2.24, 2.45) is 0 Å². The lowest BCUT2D eigenvalue weighted by molar-refractivity contribution is -0.138. The largest absolute Gasteiger partial charge is 0.416 e. The van der Waals surface area contributed by atoms with Gasteiger partial charge in [-0.05, 0) is 56.1 Å². The average Bonchev–Trinajstić information content (AvgIpc) is 3.08. The summed E-state index contributed by atoms with van der Waals surface area (Å²) < 4.78 is 40.0. The molecule has 0 spiro atoms. The Labute approximate surface area is 178 Å². The van der Waals surface area contributed by atoms with E-state index in [1.165, 1.54) is 13.0 Å². The van der Waals surface area contributed by atoms with E-state index in [1.807, 2.05) is 13.0 Å². The van der Waals surface area contributed by atoms with Gasteiger partial charge in [-0.3, -0.25) is 0 Å². The second-order valence-corrected chi connectivity index (χ2v) is 8.42. The second kappa shape index (κ2) is 7.37. The third-order valence-electron chi connectivity index (χ3n) is 6.58. The molecule has 5 rings (SSSR count). The molecule has 3 heterocycles. The van der Waals surface area contributed by atoms with Crippen LogP contribution in [0.3, 0.4) is 0 Å². The number of anilines is 2. The minimum absolute atomic E-state index is 0.226. The highest BCUT2D eigenvalue weighted by molar-refractivity contribution is 5.93. The first-order valence-corrected chi connectivity index (χ1v) is 10.5. The summed E-state index contributed by atoms with van der Waals surface area (Å²) in [5.41, 5.74) is 1.34. The summed E-state index contributed by atoms with van der Waals surface area (Å²) in [7, 11) is 0. The zero-order valence-electron chi connectivity index (χ0n) is 17.4. The standard InChI is InChI=1S/C23H24F3N5/c1-13-17(4-3-5-19(13)23(24,25)26)14(2)29-22-18-10-16(7-6-15(18)11-28-30-22)31-12-20-21(31)8-9-27-20/h3-7,10-11,14,20-21,27H,8-9,12H2,1-2H3,(H,29,30)/t14-,20+,21+/m1/s1. The number of nitrogens with zero attached hydrogens (tertiary/aromatic N) is 3. The Morgan fingerprint density at radius 3 is 2.84 bits per heavy atom. The van der Waals surface area contributed by atoms with E-state index in [-0.39, 0.29) is 11.6 Å². The van der Waals surface area contributed by atoms with Crippen molar-refractivity contribution in [3.8, 4) is 0 Å². The molecule has 1 aromatic heterocycles. The third kappa shape index (κ3) is 3.48. The Morgan fingerprint density at radius 2 is 2.06 bits per heavy atom. The molecule has 3 atom stereocenters. The Morgan fingerprint density at radius 1 is 1.23 bits per heavy atom. The van der Waals surface area contributed by atoms with Gasteiger partial charge in [-0.2, -0.15) is 18.3 Å². The lowest BCUT2D eigenvalue weighted by Gasteiger charge is -2.46. The number of hydrogen-bond donors (Lipinski definition) is 2. The molecule has 2 saturated heterocycles. The molecule has 162 valence electrons. The van der Waals surface area contributed by atoms with Crippen molar-refractivity contribution in [2.75, 3.05) is 23.3 Å². The van der Waals surface area contributed by atoms with Gasteiger partial charge in [0.25, 0.3) is 0 Å². The van der Waals surface area contributed by atoms with Crippen LogP contribution in [0.1, 0.15) is 36.1 Å². The SMILES string of the molecule is Cc1c([C@@H](C)Nc2nncc3ccc(N4C[C@@H]5NCC[C@@H]54)cc23)cccc1C(F)(F)F. The number of halogens is 3. The summed E-state index contributed by atoms with van der Waals surface area (Å²) in [4.78, 5) is 2.40. The monoisotopic (exact) mass is 427 g/mol.